The first-order valence-corrected chi connectivity index (χ1v) is 22.3. The van der Waals surface area contributed by atoms with Crippen LogP contribution in [0.5, 0.6) is 0 Å². The minimum absolute atomic E-state index is 0.0435. The van der Waals surface area contributed by atoms with Gasteiger partial charge in [-0.3, -0.25) is 0 Å². The second-order valence-corrected chi connectivity index (χ2v) is 16.2. The molecule has 0 amide bonds. The minimum Gasteiger partial charge on any atom is -0.459 e. The van der Waals surface area contributed by atoms with Crippen molar-refractivity contribution in [2.45, 2.75) is 81.2 Å². The van der Waals surface area contributed by atoms with Crippen LogP contribution in [0.4, 0.5) is 0 Å². The van der Waals surface area contributed by atoms with Gasteiger partial charge in [0.2, 0.25) is 0 Å². The van der Waals surface area contributed by atoms with E-state index < -0.39 is 85.9 Å². The largest absolute Gasteiger partial charge is 0.459 e. The molecule has 2 aliphatic heterocycles. The minimum atomic E-state index is -1.87. The van der Waals surface area contributed by atoms with Gasteiger partial charge in [0.25, 0.3) is 0 Å². The summed E-state index contributed by atoms with van der Waals surface area (Å²) >= 11 is 0. The standard InChI is InChI=1S/C54H52O14/c55-44-47(67-52(58)41-29-17-6-18-30-41)45(66-51(57)40-27-15-5-16-28-40)43(35-63-50(56)39-25-13-4-14-26-39)65-54(44)68-46-42(34-60-31-36-19-7-1-8-20-36)64-53(59)49(62-33-38-23-11-3-12-24-38)48(46)61-32-37-21-9-2-10-22-37/h1-30,42-49,53-55,59H,31-35H2/t42-,43-,44+,45-,46-,47-,48+,49-,53+,54+/m1/s1. The van der Waals surface area contributed by atoms with Gasteiger partial charge >= 0.3 is 17.9 Å². The first-order valence-electron chi connectivity index (χ1n) is 22.3. The number of hydrogen-bond donors (Lipinski definition) is 2. The molecule has 0 aromatic heterocycles. The predicted molar refractivity (Wildman–Crippen MR) is 245 cm³/mol. The lowest BCUT2D eigenvalue weighted by Crippen LogP contribution is -2.66. The molecule has 2 aliphatic rings. The molecule has 0 bridgehead atoms. The first-order chi connectivity index (χ1) is 33.3. The number of ether oxygens (including phenoxy) is 9. The monoisotopic (exact) mass is 924 g/mol. The molecule has 0 saturated carbocycles. The van der Waals surface area contributed by atoms with Crippen LogP contribution in [0.1, 0.15) is 47.8 Å². The summed E-state index contributed by atoms with van der Waals surface area (Å²) in [6.07, 6.45) is -14.4. The van der Waals surface area contributed by atoms with Gasteiger partial charge in [0.15, 0.2) is 24.8 Å². The molecule has 2 N–H and O–H groups in total. The van der Waals surface area contributed by atoms with Gasteiger partial charge < -0.3 is 52.8 Å². The Morgan fingerprint density at radius 3 is 1.34 bits per heavy atom. The van der Waals surface area contributed by atoms with Gasteiger partial charge in [-0.1, -0.05) is 146 Å². The highest BCUT2D eigenvalue weighted by Crippen LogP contribution is 2.35. The molecule has 0 unspecified atom stereocenters. The van der Waals surface area contributed by atoms with Crippen LogP contribution < -0.4 is 0 Å². The molecule has 8 rings (SSSR count). The third-order valence-electron chi connectivity index (χ3n) is 11.4. The Balaban J connectivity index is 1.15. The smallest absolute Gasteiger partial charge is 0.338 e. The highest BCUT2D eigenvalue weighted by Gasteiger charge is 2.55. The van der Waals surface area contributed by atoms with Crippen molar-refractivity contribution in [2.24, 2.45) is 0 Å². The van der Waals surface area contributed by atoms with Gasteiger partial charge in [0.1, 0.15) is 43.2 Å². The number of hydrogen-bond acceptors (Lipinski definition) is 14. The van der Waals surface area contributed by atoms with Gasteiger partial charge in [-0.15, -0.1) is 0 Å². The topological polar surface area (TPSA) is 175 Å². The summed E-state index contributed by atoms with van der Waals surface area (Å²) in [5, 5.41) is 24.2. The molecular formula is C54H52O14. The third-order valence-corrected chi connectivity index (χ3v) is 11.4. The van der Waals surface area contributed by atoms with Crippen molar-refractivity contribution in [3.63, 3.8) is 0 Å². The molecule has 68 heavy (non-hydrogen) atoms. The van der Waals surface area contributed by atoms with Gasteiger partial charge in [0, 0.05) is 0 Å². The van der Waals surface area contributed by atoms with Crippen molar-refractivity contribution in [1.29, 1.82) is 0 Å². The Labute approximate surface area is 393 Å². The van der Waals surface area contributed by atoms with E-state index in [0.717, 1.165) is 16.7 Å². The van der Waals surface area contributed by atoms with E-state index in [1.165, 1.54) is 24.3 Å². The van der Waals surface area contributed by atoms with Gasteiger partial charge in [-0.05, 0) is 53.1 Å². The van der Waals surface area contributed by atoms with Crippen molar-refractivity contribution in [3.8, 4) is 0 Å². The number of rotatable bonds is 19. The summed E-state index contributed by atoms with van der Waals surface area (Å²) < 4.78 is 56.7. The maximum Gasteiger partial charge on any atom is 0.338 e. The second-order valence-electron chi connectivity index (χ2n) is 16.2. The lowest BCUT2D eigenvalue weighted by molar-refractivity contribution is -0.363. The van der Waals surface area contributed by atoms with Crippen molar-refractivity contribution in [2.75, 3.05) is 13.2 Å². The number of aliphatic hydroxyl groups is 2. The van der Waals surface area contributed by atoms with Crippen LogP contribution in [-0.2, 0) is 62.5 Å². The molecule has 2 heterocycles. The van der Waals surface area contributed by atoms with E-state index in [4.69, 9.17) is 42.6 Å². The van der Waals surface area contributed by atoms with Crippen LogP contribution in [0.3, 0.4) is 0 Å². The number of carbonyl (C=O) groups excluding carboxylic acids is 3. The first kappa shape index (κ1) is 47.9. The van der Waals surface area contributed by atoms with Crippen LogP contribution in [0, 0.1) is 0 Å². The summed E-state index contributed by atoms with van der Waals surface area (Å²) in [4.78, 5) is 41.1. The fourth-order valence-electron chi connectivity index (χ4n) is 7.88. The summed E-state index contributed by atoms with van der Waals surface area (Å²) in [6, 6.07) is 52.6. The van der Waals surface area contributed by atoms with Gasteiger partial charge in [0.05, 0.1) is 43.1 Å². The Hall–Kier alpha value is -6.59. The molecule has 2 saturated heterocycles. The number of aliphatic hydroxyl groups excluding tert-OH is 2. The molecule has 352 valence electrons. The van der Waals surface area contributed by atoms with Crippen LogP contribution in [-0.4, -0.2) is 103 Å². The van der Waals surface area contributed by atoms with E-state index >= 15 is 0 Å². The summed E-state index contributed by atoms with van der Waals surface area (Å²) in [6.45, 7) is -0.412. The van der Waals surface area contributed by atoms with E-state index in [1.807, 2.05) is 91.0 Å². The van der Waals surface area contributed by atoms with E-state index in [9.17, 15) is 24.6 Å². The third kappa shape index (κ3) is 12.7. The summed E-state index contributed by atoms with van der Waals surface area (Å²) in [5.74, 6) is -2.41. The van der Waals surface area contributed by atoms with Crippen molar-refractivity contribution in [1.82, 2.24) is 0 Å². The van der Waals surface area contributed by atoms with Crippen molar-refractivity contribution >= 4 is 17.9 Å². The molecule has 6 aromatic rings. The van der Waals surface area contributed by atoms with Crippen LogP contribution in [0.2, 0.25) is 0 Å². The normalized spacial score (nSPS) is 24.6. The van der Waals surface area contributed by atoms with E-state index in [0.29, 0.717) is 0 Å². The summed E-state index contributed by atoms with van der Waals surface area (Å²) in [7, 11) is 0. The lowest BCUT2D eigenvalue weighted by atomic mass is 9.96. The second kappa shape index (κ2) is 23.9. The number of carbonyl (C=O) groups is 3. The molecule has 0 spiro atoms. The van der Waals surface area contributed by atoms with Crippen molar-refractivity contribution < 1.29 is 67.2 Å². The SMILES string of the molecule is O=C(OC[C@H]1O[C@@H](O[C@H]2[C@H](OCc3ccccc3)[C@@H](OCc3ccccc3)[C@@H](O)O[C@@H]2COCc2ccccc2)[C@@H](O)[C@@H](OC(=O)c2ccccc2)[C@@H]1OC(=O)c1ccccc1)c1ccccc1. The van der Waals surface area contributed by atoms with Crippen molar-refractivity contribution in [3.05, 3.63) is 215 Å². The fraction of sp³-hybridized carbons (Fsp3) is 0.278. The van der Waals surface area contributed by atoms with Gasteiger partial charge in [-0.25, -0.2) is 14.4 Å². The Morgan fingerprint density at radius 2 is 0.838 bits per heavy atom. The van der Waals surface area contributed by atoms with E-state index in [2.05, 4.69) is 0 Å². The molecular weight excluding hydrogens is 873 g/mol. The molecule has 2 fully saturated rings. The maximum atomic E-state index is 13.9. The Morgan fingerprint density at radius 1 is 0.426 bits per heavy atom. The zero-order valence-electron chi connectivity index (χ0n) is 36.9. The maximum absolute atomic E-state index is 13.9. The molecule has 14 nitrogen and oxygen atoms in total. The van der Waals surface area contributed by atoms with Crippen LogP contribution in [0.15, 0.2) is 182 Å². The van der Waals surface area contributed by atoms with E-state index in [-0.39, 0.29) is 43.1 Å². The Kier molecular flexibility index (Phi) is 16.8. The molecule has 0 aliphatic carbocycles. The molecule has 10 atom stereocenters. The average Bonchev–Trinajstić information content (AvgIpc) is 3.39. The quantitative estimate of drug-likeness (QED) is 0.0636. The number of benzene rings is 6. The van der Waals surface area contributed by atoms with Crippen LogP contribution in [0.25, 0.3) is 0 Å². The fourth-order valence-corrected chi connectivity index (χ4v) is 7.88. The number of esters is 3. The van der Waals surface area contributed by atoms with E-state index in [1.54, 1.807) is 66.7 Å². The molecule has 0 radical (unpaired) electrons. The zero-order valence-corrected chi connectivity index (χ0v) is 36.9. The molecule has 6 aromatic carbocycles. The highest BCUT2D eigenvalue weighted by molar-refractivity contribution is 5.91. The summed E-state index contributed by atoms with van der Waals surface area (Å²) in [5.41, 5.74) is 3.02. The zero-order chi connectivity index (χ0) is 47.1. The predicted octanol–water partition coefficient (Wildman–Crippen LogP) is 6.87. The highest BCUT2D eigenvalue weighted by atomic mass is 16.7. The lowest BCUT2D eigenvalue weighted by Gasteiger charge is -2.48. The average molecular weight is 925 g/mol. The van der Waals surface area contributed by atoms with Gasteiger partial charge in [-0.2, -0.15) is 0 Å². The van der Waals surface area contributed by atoms with Crippen LogP contribution >= 0.6 is 0 Å². The molecule has 14 heteroatoms. The Bertz CT molecular complexity index is 2470.